The van der Waals surface area contributed by atoms with Crippen LogP contribution in [0.2, 0.25) is 15.1 Å². The fraction of sp³-hybridized carbons (Fsp3) is 0.333. The van der Waals surface area contributed by atoms with Crippen molar-refractivity contribution in [3.63, 3.8) is 0 Å². The summed E-state index contributed by atoms with van der Waals surface area (Å²) in [6.45, 7) is 6.07. The van der Waals surface area contributed by atoms with Crippen LogP contribution in [0.4, 0.5) is 5.69 Å². The molecule has 4 rings (SSSR count). The molecule has 3 nitrogen and oxygen atoms in total. The lowest BCUT2D eigenvalue weighted by atomic mass is 9.69. The number of benzene rings is 2. The van der Waals surface area contributed by atoms with Gasteiger partial charge in [-0.1, -0.05) is 60.8 Å². The molecule has 0 saturated carbocycles. The highest BCUT2D eigenvalue weighted by molar-refractivity contribution is 6.42. The molecule has 2 aliphatic rings. The Hall–Kier alpha value is -1.81. The van der Waals surface area contributed by atoms with Gasteiger partial charge in [-0.25, -0.2) is 0 Å². The second-order valence-corrected chi connectivity index (χ2v) is 10.1. The number of allylic oxidation sites excluding steroid dienone is 2. The fourth-order valence-corrected chi connectivity index (χ4v) is 5.00. The molecule has 0 fully saturated rings. The van der Waals surface area contributed by atoms with Gasteiger partial charge in [0.15, 0.2) is 5.78 Å². The maximum absolute atomic E-state index is 13.4. The summed E-state index contributed by atoms with van der Waals surface area (Å²) in [5.41, 5.74) is 3.74. The summed E-state index contributed by atoms with van der Waals surface area (Å²) < 4.78 is 0. The average molecular weight is 463 g/mol. The SMILES string of the molecule is Cc1ccc(Cl)cc1N1C(=O)CC(c2ccc(Cl)c(Cl)c2)C2=C1CC(C)(C)CC2=O. The second kappa shape index (κ2) is 7.71. The first kappa shape index (κ1) is 21.4. The van der Waals surface area contributed by atoms with E-state index in [1.54, 1.807) is 29.2 Å². The second-order valence-electron chi connectivity index (χ2n) is 8.89. The van der Waals surface area contributed by atoms with Gasteiger partial charge < -0.3 is 0 Å². The van der Waals surface area contributed by atoms with E-state index < -0.39 is 0 Å². The van der Waals surface area contributed by atoms with Crippen molar-refractivity contribution in [2.24, 2.45) is 5.41 Å². The molecule has 0 N–H and O–H groups in total. The number of anilines is 1. The van der Waals surface area contributed by atoms with Crippen LogP contribution in [0.25, 0.3) is 0 Å². The lowest BCUT2D eigenvalue weighted by Gasteiger charge is -2.43. The molecule has 1 amide bonds. The number of hydrogen-bond acceptors (Lipinski definition) is 2. The predicted molar refractivity (Wildman–Crippen MR) is 123 cm³/mol. The number of Topliss-reactive ketones (excluding diaryl/α,β-unsaturated/α-hetero) is 1. The number of carbonyl (C=O) groups excluding carboxylic acids is 2. The lowest BCUT2D eigenvalue weighted by Crippen LogP contribution is -2.44. The number of rotatable bonds is 2. The van der Waals surface area contributed by atoms with Gasteiger partial charge in [-0.05, 0) is 54.2 Å². The molecule has 2 aromatic rings. The van der Waals surface area contributed by atoms with Crippen LogP contribution in [0.5, 0.6) is 0 Å². The minimum atomic E-state index is -0.332. The Balaban J connectivity index is 1.93. The molecular weight excluding hydrogens is 441 g/mol. The molecule has 30 heavy (non-hydrogen) atoms. The van der Waals surface area contributed by atoms with E-state index in [-0.39, 0.29) is 29.4 Å². The molecule has 156 valence electrons. The maximum atomic E-state index is 13.4. The summed E-state index contributed by atoms with van der Waals surface area (Å²) in [6, 6.07) is 10.8. The van der Waals surface area contributed by atoms with Gasteiger partial charge in [0.25, 0.3) is 0 Å². The fourth-order valence-electron chi connectivity index (χ4n) is 4.53. The summed E-state index contributed by atoms with van der Waals surface area (Å²) in [5, 5.41) is 1.42. The standard InChI is InChI=1S/C24H22Cl3NO2/c1-13-4-6-15(25)9-19(13)28-20-11-24(2,3)12-21(29)23(20)16(10-22(28)30)14-5-7-17(26)18(27)8-14/h4-9,16H,10-12H2,1-3H3. The first-order valence-electron chi connectivity index (χ1n) is 9.88. The summed E-state index contributed by atoms with van der Waals surface area (Å²) in [5.74, 6) is -0.309. The third-order valence-corrected chi connectivity index (χ3v) is 6.88. The van der Waals surface area contributed by atoms with Crippen LogP contribution in [-0.4, -0.2) is 11.7 Å². The largest absolute Gasteiger partial charge is 0.294 e. The molecular formula is C24H22Cl3NO2. The first-order valence-corrected chi connectivity index (χ1v) is 11.0. The maximum Gasteiger partial charge on any atom is 0.232 e. The zero-order valence-electron chi connectivity index (χ0n) is 17.1. The van der Waals surface area contributed by atoms with E-state index in [2.05, 4.69) is 13.8 Å². The highest BCUT2D eigenvalue weighted by Crippen LogP contribution is 2.49. The van der Waals surface area contributed by atoms with E-state index in [9.17, 15) is 9.59 Å². The van der Waals surface area contributed by atoms with Crippen molar-refractivity contribution in [3.8, 4) is 0 Å². The third-order valence-electron chi connectivity index (χ3n) is 5.90. The van der Waals surface area contributed by atoms with Crippen molar-refractivity contribution in [2.75, 3.05) is 4.90 Å². The van der Waals surface area contributed by atoms with Gasteiger partial charge in [-0.3, -0.25) is 14.5 Å². The van der Waals surface area contributed by atoms with Crippen molar-refractivity contribution in [1.82, 2.24) is 0 Å². The van der Waals surface area contributed by atoms with Crippen LogP contribution >= 0.6 is 34.8 Å². The van der Waals surface area contributed by atoms with Crippen molar-refractivity contribution in [2.45, 2.75) is 46.0 Å². The first-order chi connectivity index (χ1) is 14.1. The molecule has 0 bridgehead atoms. The van der Waals surface area contributed by atoms with Crippen LogP contribution in [-0.2, 0) is 9.59 Å². The van der Waals surface area contributed by atoms with E-state index >= 15 is 0 Å². The minimum absolute atomic E-state index is 0.0549. The summed E-state index contributed by atoms with van der Waals surface area (Å²) in [7, 11) is 0. The van der Waals surface area contributed by atoms with Gasteiger partial charge in [-0.15, -0.1) is 0 Å². The number of ketones is 1. The molecule has 0 saturated heterocycles. The molecule has 1 atom stereocenters. The van der Waals surface area contributed by atoms with Crippen LogP contribution in [0.1, 0.15) is 50.2 Å². The number of halogens is 3. The van der Waals surface area contributed by atoms with Crippen molar-refractivity contribution in [1.29, 1.82) is 0 Å². The van der Waals surface area contributed by atoms with Gasteiger partial charge in [0, 0.05) is 35.1 Å². The lowest BCUT2D eigenvalue weighted by molar-refractivity contribution is -0.121. The number of amides is 1. The Morgan fingerprint density at radius 2 is 1.70 bits per heavy atom. The molecule has 6 heteroatoms. The number of aryl methyl sites for hydroxylation is 1. The Bertz CT molecular complexity index is 1100. The molecule has 0 spiro atoms. The van der Waals surface area contributed by atoms with Gasteiger partial charge in [-0.2, -0.15) is 0 Å². The van der Waals surface area contributed by atoms with E-state index in [0.717, 1.165) is 22.5 Å². The Morgan fingerprint density at radius 3 is 2.40 bits per heavy atom. The predicted octanol–water partition coefficient (Wildman–Crippen LogP) is 7.12. The molecule has 1 heterocycles. The normalized spacial score (nSPS) is 21.1. The quantitative estimate of drug-likeness (QED) is 0.476. The van der Waals surface area contributed by atoms with Gasteiger partial charge in [0.2, 0.25) is 5.91 Å². The topological polar surface area (TPSA) is 37.4 Å². The third kappa shape index (κ3) is 3.79. The van der Waals surface area contributed by atoms with Crippen molar-refractivity contribution >= 4 is 52.2 Å². The summed E-state index contributed by atoms with van der Waals surface area (Å²) in [4.78, 5) is 28.5. The number of carbonyl (C=O) groups is 2. The minimum Gasteiger partial charge on any atom is -0.294 e. The van der Waals surface area contributed by atoms with Gasteiger partial charge in [0.1, 0.15) is 0 Å². The monoisotopic (exact) mass is 461 g/mol. The molecule has 0 radical (unpaired) electrons. The van der Waals surface area contributed by atoms with Crippen LogP contribution in [0.15, 0.2) is 47.7 Å². The molecule has 1 unspecified atom stereocenters. The Kier molecular flexibility index (Phi) is 5.50. The van der Waals surface area contributed by atoms with E-state index in [1.165, 1.54) is 0 Å². The Labute approximate surface area is 191 Å². The number of hydrogen-bond donors (Lipinski definition) is 0. The van der Waals surface area contributed by atoms with Crippen LogP contribution in [0.3, 0.4) is 0 Å². The highest BCUT2D eigenvalue weighted by Gasteiger charge is 2.44. The summed E-state index contributed by atoms with van der Waals surface area (Å²) in [6.07, 6.45) is 1.26. The van der Waals surface area contributed by atoms with E-state index in [4.69, 9.17) is 34.8 Å². The molecule has 1 aliphatic carbocycles. The molecule has 0 aromatic heterocycles. The van der Waals surface area contributed by atoms with Crippen molar-refractivity contribution < 1.29 is 9.59 Å². The van der Waals surface area contributed by atoms with E-state index in [0.29, 0.717) is 33.5 Å². The smallest absolute Gasteiger partial charge is 0.232 e. The highest BCUT2D eigenvalue weighted by atomic mass is 35.5. The Morgan fingerprint density at radius 1 is 0.967 bits per heavy atom. The van der Waals surface area contributed by atoms with E-state index in [1.807, 2.05) is 19.1 Å². The zero-order chi connectivity index (χ0) is 21.8. The molecule has 1 aliphatic heterocycles. The van der Waals surface area contributed by atoms with Crippen LogP contribution < -0.4 is 4.90 Å². The number of nitrogens with zero attached hydrogens (tertiary/aromatic N) is 1. The van der Waals surface area contributed by atoms with Crippen molar-refractivity contribution in [3.05, 3.63) is 73.9 Å². The van der Waals surface area contributed by atoms with Crippen LogP contribution in [0, 0.1) is 12.3 Å². The van der Waals surface area contributed by atoms with Gasteiger partial charge >= 0.3 is 0 Å². The molecule has 2 aromatic carbocycles. The zero-order valence-corrected chi connectivity index (χ0v) is 19.3. The van der Waals surface area contributed by atoms with Gasteiger partial charge in [0.05, 0.1) is 15.7 Å². The average Bonchev–Trinajstić information content (AvgIpc) is 2.64. The summed E-state index contributed by atoms with van der Waals surface area (Å²) >= 11 is 18.6.